The summed E-state index contributed by atoms with van der Waals surface area (Å²) in [4.78, 5) is 13.2. The van der Waals surface area contributed by atoms with Crippen molar-refractivity contribution in [3.63, 3.8) is 0 Å². The third kappa shape index (κ3) is 2.54. The minimum Gasteiger partial charge on any atom is -0.352 e. The van der Waals surface area contributed by atoms with Gasteiger partial charge in [-0.05, 0) is 33.9 Å². The Bertz CT molecular complexity index is 406. The normalized spacial score (nSPS) is 19.6. The Balaban J connectivity index is 2.24. The van der Waals surface area contributed by atoms with E-state index in [-0.39, 0.29) is 0 Å². The van der Waals surface area contributed by atoms with Crippen molar-refractivity contribution < 1.29 is 0 Å². The van der Waals surface area contributed by atoms with Crippen LogP contribution in [0.15, 0.2) is 6.33 Å². The highest BCUT2D eigenvalue weighted by molar-refractivity contribution is 5.58. The molecule has 2 rings (SSSR count). The molecular formula is C12H22N6. The topological polar surface area (TPSA) is 70.3 Å². The average molecular weight is 250 g/mol. The first-order valence-electron chi connectivity index (χ1n) is 6.33. The Morgan fingerprint density at radius 1 is 1.50 bits per heavy atom. The van der Waals surface area contributed by atoms with Crippen LogP contribution in [-0.2, 0) is 0 Å². The number of aromatic nitrogens is 2. The van der Waals surface area contributed by atoms with Gasteiger partial charge in [-0.3, -0.25) is 0 Å². The highest BCUT2D eigenvalue weighted by atomic mass is 15.3. The molecule has 1 saturated heterocycles. The molecule has 0 radical (unpaired) electrons. The number of nitrogens with zero attached hydrogens (tertiary/aromatic N) is 4. The van der Waals surface area contributed by atoms with E-state index in [0.717, 1.165) is 24.5 Å². The second-order valence-corrected chi connectivity index (χ2v) is 5.07. The number of nitrogens with one attached hydrogen (secondary N) is 1. The van der Waals surface area contributed by atoms with Crippen LogP contribution < -0.4 is 16.2 Å². The minimum atomic E-state index is 0.527. The number of hydrogen-bond acceptors (Lipinski definition) is 6. The first-order valence-corrected chi connectivity index (χ1v) is 6.33. The number of hydrogen-bond donors (Lipinski definition) is 2. The van der Waals surface area contributed by atoms with E-state index in [9.17, 15) is 0 Å². The number of anilines is 2. The SMILES string of the molecule is Cc1c(NN)ncnc1N1CCCC1CN(C)C. The van der Waals surface area contributed by atoms with Gasteiger partial charge in [-0.25, -0.2) is 15.8 Å². The van der Waals surface area contributed by atoms with Crippen LogP contribution in [0.25, 0.3) is 0 Å². The van der Waals surface area contributed by atoms with Crippen LogP contribution in [0.4, 0.5) is 11.6 Å². The zero-order chi connectivity index (χ0) is 13.1. The fourth-order valence-corrected chi connectivity index (χ4v) is 2.60. The predicted octanol–water partition coefficient (Wildman–Crippen LogP) is 0.601. The average Bonchev–Trinajstić information content (AvgIpc) is 2.76. The fraction of sp³-hybridized carbons (Fsp3) is 0.667. The van der Waals surface area contributed by atoms with Crippen molar-refractivity contribution in [2.75, 3.05) is 37.5 Å². The van der Waals surface area contributed by atoms with Crippen molar-refractivity contribution >= 4 is 11.6 Å². The van der Waals surface area contributed by atoms with E-state index in [2.05, 4.69) is 39.3 Å². The summed E-state index contributed by atoms with van der Waals surface area (Å²) in [6.45, 7) is 4.12. The van der Waals surface area contributed by atoms with Crippen molar-refractivity contribution in [3.8, 4) is 0 Å². The molecule has 0 aliphatic carbocycles. The minimum absolute atomic E-state index is 0.527. The standard InChI is InChI=1S/C12H22N6/c1-9-11(16-13)14-8-15-12(9)18-6-4-5-10(18)7-17(2)3/h8,10H,4-7,13H2,1-3H3,(H,14,15,16). The summed E-state index contributed by atoms with van der Waals surface area (Å²) in [6, 6.07) is 0.527. The molecule has 1 atom stereocenters. The molecule has 0 saturated carbocycles. The van der Waals surface area contributed by atoms with Crippen molar-refractivity contribution in [3.05, 3.63) is 11.9 Å². The highest BCUT2D eigenvalue weighted by Gasteiger charge is 2.27. The van der Waals surface area contributed by atoms with Crippen molar-refractivity contribution in [2.24, 2.45) is 5.84 Å². The molecule has 1 aromatic heterocycles. The predicted molar refractivity (Wildman–Crippen MR) is 73.5 cm³/mol. The first kappa shape index (κ1) is 13.0. The molecule has 1 unspecified atom stereocenters. The molecule has 0 amide bonds. The number of rotatable bonds is 4. The lowest BCUT2D eigenvalue weighted by atomic mass is 10.2. The number of hydrazine groups is 1. The zero-order valence-corrected chi connectivity index (χ0v) is 11.3. The molecule has 3 N–H and O–H groups in total. The summed E-state index contributed by atoms with van der Waals surface area (Å²) in [5.74, 6) is 7.17. The van der Waals surface area contributed by atoms with E-state index in [1.54, 1.807) is 6.33 Å². The smallest absolute Gasteiger partial charge is 0.148 e. The number of likely N-dealkylation sites (N-methyl/N-ethyl adjacent to an activating group) is 1. The Labute approximate surface area is 108 Å². The van der Waals surface area contributed by atoms with Crippen molar-refractivity contribution in [1.29, 1.82) is 0 Å². The molecule has 0 spiro atoms. The molecule has 2 heterocycles. The van der Waals surface area contributed by atoms with Crippen LogP contribution in [0.5, 0.6) is 0 Å². The summed E-state index contributed by atoms with van der Waals surface area (Å²) in [5, 5.41) is 0. The van der Waals surface area contributed by atoms with Crippen LogP contribution in [-0.4, -0.2) is 48.1 Å². The molecule has 0 aromatic carbocycles. The molecule has 100 valence electrons. The van der Waals surface area contributed by atoms with Gasteiger partial charge in [0, 0.05) is 24.7 Å². The van der Waals surface area contributed by atoms with Gasteiger partial charge in [0.25, 0.3) is 0 Å². The second kappa shape index (κ2) is 5.49. The summed E-state index contributed by atoms with van der Waals surface area (Å²) in [5.41, 5.74) is 3.65. The van der Waals surface area contributed by atoms with Gasteiger partial charge in [-0.2, -0.15) is 0 Å². The summed E-state index contributed by atoms with van der Waals surface area (Å²) >= 11 is 0. The van der Waals surface area contributed by atoms with E-state index in [0.29, 0.717) is 11.9 Å². The Hall–Kier alpha value is -1.40. The van der Waals surface area contributed by atoms with Gasteiger partial charge >= 0.3 is 0 Å². The van der Waals surface area contributed by atoms with E-state index in [1.165, 1.54) is 12.8 Å². The van der Waals surface area contributed by atoms with E-state index >= 15 is 0 Å². The maximum Gasteiger partial charge on any atom is 0.148 e. The lowest BCUT2D eigenvalue weighted by Gasteiger charge is -2.29. The Kier molecular flexibility index (Phi) is 3.98. The molecule has 1 aliphatic rings. The van der Waals surface area contributed by atoms with Crippen LogP contribution in [0.2, 0.25) is 0 Å². The van der Waals surface area contributed by atoms with E-state index in [1.807, 2.05) is 6.92 Å². The molecule has 1 fully saturated rings. The summed E-state index contributed by atoms with van der Waals surface area (Å²) in [6.07, 6.45) is 4.00. The molecular weight excluding hydrogens is 228 g/mol. The van der Waals surface area contributed by atoms with Gasteiger partial charge in [-0.15, -0.1) is 0 Å². The molecule has 1 aliphatic heterocycles. The molecule has 6 nitrogen and oxygen atoms in total. The molecule has 0 bridgehead atoms. The van der Waals surface area contributed by atoms with Crippen molar-refractivity contribution in [1.82, 2.24) is 14.9 Å². The van der Waals surface area contributed by atoms with E-state index in [4.69, 9.17) is 5.84 Å². The van der Waals surface area contributed by atoms with Gasteiger partial charge in [0.1, 0.15) is 18.0 Å². The first-order chi connectivity index (χ1) is 8.63. The Morgan fingerprint density at radius 3 is 2.94 bits per heavy atom. The van der Waals surface area contributed by atoms with Crippen LogP contribution in [0.3, 0.4) is 0 Å². The van der Waals surface area contributed by atoms with Crippen LogP contribution in [0.1, 0.15) is 18.4 Å². The van der Waals surface area contributed by atoms with Crippen molar-refractivity contribution in [2.45, 2.75) is 25.8 Å². The van der Waals surface area contributed by atoms with Crippen LogP contribution >= 0.6 is 0 Å². The largest absolute Gasteiger partial charge is 0.352 e. The number of nitrogen functional groups attached to an aromatic ring is 1. The second-order valence-electron chi connectivity index (χ2n) is 5.07. The van der Waals surface area contributed by atoms with E-state index < -0.39 is 0 Å². The van der Waals surface area contributed by atoms with Gasteiger partial charge in [0.05, 0.1) is 0 Å². The van der Waals surface area contributed by atoms with Gasteiger partial charge in [0.2, 0.25) is 0 Å². The quantitative estimate of drug-likeness (QED) is 0.602. The lowest BCUT2D eigenvalue weighted by Crippen LogP contribution is -2.38. The van der Waals surface area contributed by atoms with Gasteiger partial charge in [0.15, 0.2) is 0 Å². The fourth-order valence-electron chi connectivity index (χ4n) is 2.60. The monoisotopic (exact) mass is 250 g/mol. The third-order valence-electron chi connectivity index (χ3n) is 3.42. The number of nitrogens with two attached hydrogens (primary N) is 1. The van der Waals surface area contributed by atoms with Gasteiger partial charge < -0.3 is 15.2 Å². The summed E-state index contributed by atoms with van der Waals surface area (Å²) < 4.78 is 0. The lowest BCUT2D eigenvalue weighted by molar-refractivity contribution is 0.371. The van der Waals surface area contributed by atoms with Gasteiger partial charge in [-0.1, -0.05) is 0 Å². The maximum atomic E-state index is 5.47. The van der Waals surface area contributed by atoms with Crippen LogP contribution in [0, 0.1) is 6.92 Å². The molecule has 1 aromatic rings. The highest BCUT2D eigenvalue weighted by Crippen LogP contribution is 2.28. The molecule has 18 heavy (non-hydrogen) atoms. The third-order valence-corrected chi connectivity index (χ3v) is 3.42. The molecule has 6 heteroatoms. The Morgan fingerprint density at radius 2 is 2.28 bits per heavy atom. The zero-order valence-electron chi connectivity index (χ0n) is 11.3. The maximum absolute atomic E-state index is 5.47. The summed E-state index contributed by atoms with van der Waals surface area (Å²) in [7, 11) is 4.21.